The van der Waals surface area contributed by atoms with Crippen molar-refractivity contribution in [2.45, 2.75) is 25.8 Å². The molecule has 0 spiro atoms. The predicted octanol–water partition coefficient (Wildman–Crippen LogP) is 4.65. The zero-order chi connectivity index (χ0) is 18.3. The van der Waals surface area contributed by atoms with E-state index in [4.69, 9.17) is 4.42 Å². The summed E-state index contributed by atoms with van der Waals surface area (Å²) in [5, 5.41) is 6.64. The van der Waals surface area contributed by atoms with Crippen molar-refractivity contribution in [2.75, 3.05) is 5.32 Å². The molecule has 2 amide bonds. The molecule has 132 valence electrons. The van der Waals surface area contributed by atoms with Crippen molar-refractivity contribution >= 4 is 44.4 Å². The molecule has 26 heavy (non-hydrogen) atoms. The van der Waals surface area contributed by atoms with Crippen molar-refractivity contribution in [3.8, 4) is 0 Å². The molecule has 3 aromatic rings. The number of carbonyl (C=O) groups is 2. The van der Waals surface area contributed by atoms with Gasteiger partial charge in [0.15, 0.2) is 5.76 Å². The number of amides is 2. The van der Waals surface area contributed by atoms with Crippen LogP contribution in [0.2, 0.25) is 0 Å². The van der Waals surface area contributed by atoms with Gasteiger partial charge in [0.25, 0.3) is 11.8 Å². The molecule has 2 N–H and O–H groups in total. The monoisotopic (exact) mass is 412 g/mol. The molecule has 0 atom stereocenters. The third-order valence-electron chi connectivity index (χ3n) is 4.38. The Morgan fingerprint density at radius 2 is 1.92 bits per heavy atom. The Kier molecular flexibility index (Phi) is 4.28. The molecule has 0 radical (unpaired) electrons. The first kappa shape index (κ1) is 16.8. The van der Waals surface area contributed by atoms with Gasteiger partial charge in [0, 0.05) is 22.7 Å². The Hall–Kier alpha value is -2.60. The van der Waals surface area contributed by atoms with Gasteiger partial charge in [-0.1, -0.05) is 18.2 Å². The highest BCUT2D eigenvalue weighted by Gasteiger charge is 2.24. The average molecular weight is 413 g/mol. The summed E-state index contributed by atoms with van der Waals surface area (Å²) < 4.78 is 6.47. The van der Waals surface area contributed by atoms with Crippen LogP contribution >= 0.6 is 15.9 Å². The third kappa shape index (κ3) is 3.37. The molecule has 0 bridgehead atoms. The van der Waals surface area contributed by atoms with Crippen molar-refractivity contribution in [3.63, 3.8) is 0 Å². The van der Waals surface area contributed by atoms with Gasteiger partial charge in [0.2, 0.25) is 0 Å². The summed E-state index contributed by atoms with van der Waals surface area (Å²) in [6.07, 6.45) is 2.06. The largest absolute Gasteiger partial charge is 0.450 e. The van der Waals surface area contributed by atoms with E-state index < -0.39 is 0 Å². The SMILES string of the molecule is Cc1ccc(C(=O)NC2CC2)cc1NC(=O)c1cc2cccc(Br)c2o1. The number of hydrogen-bond acceptors (Lipinski definition) is 3. The van der Waals surface area contributed by atoms with Crippen LogP contribution < -0.4 is 10.6 Å². The van der Waals surface area contributed by atoms with E-state index in [1.54, 1.807) is 18.2 Å². The molecular weight excluding hydrogens is 396 g/mol. The number of nitrogens with one attached hydrogen (secondary N) is 2. The van der Waals surface area contributed by atoms with Gasteiger partial charge >= 0.3 is 0 Å². The van der Waals surface area contributed by atoms with E-state index >= 15 is 0 Å². The van der Waals surface area contributed by atoms with Crippen molar-refractivity contribution in [2.24, 2.45) is 0 Å². The Labute approximate surface area is 158 Å². The van der Waals surface area contributed by atoms with E-state index in [1.807, 2.05) is 31.2 Å². The van der Waals surface area contributed by atoms with E-state index in [1.165, 1.54) is 0 Å². The molecule has 1 fully saturated rings. The summed E-state index contributed by atoms with van der Waals surface area (Å²) in [4.78, 5) is 24.8. The first-order valence-electron chi connectivity index (χ1n) is 8.42. The van der Waals surface area contributed by atoms with Crippen LogP contribution in [0.15, 0.2) is 51.4 Å². The molecule has 1 aliphatic carbocycles. The quantitative estimate of drug-likeness (QED) is 0.654. The maximum absolute atomic E-state index is 12.6. The normalized spacial score (nSPS) is 13.6. The molecule has 1 saturated carbocycles. The minimum absolute atomic E-state index is 0.115. The van der Waals surface area contributed by atoms with E-state index in [0.29, 0.717) is 16.8 Å². The smallest absolute Gasteiger partial charge is 0.291 e. The van der Waals surface area contributed by atoms with Crippen LogP contribution in [0.3, 0.4) is 0 Å². The highest BCUT2D eigenvalue weighted by Crippen LogP contribution is 2.28. The lowest BCUT2D eigenvalue weighted by molar-refractivity contribution is 0.0949. The fourth-order valence-corrected chi connectivity index (χ4v) is 3.18. The number of aryl methyl sites for hydroxylation is 1. The number of carbonyl (C=O) groups excluding carboxylic acids is 2. The molecule has 0 saturated heterocycles. The first-order valence-corrected chi connectivity index (χ1v) is 9.21. The Bertz CT molecular complexity index is 1020. The fourth-order valence-electron chi connectivity index (χ4n) is 2.72. The summed E-state index contributed by atoms with van der Waals surface area (Å²) in [6.45, 7) is 1.88. The molecule has 1 aliphatic rings. The zero-order valence-electron chi connectivity index (χ0n) is 14.1. The molecular formula is C20H17BrN2O3. The number of fused-ring (bicyclic) bond motifs is 1. The van der Waals surface area contributed by atoms with Gasteiger partial charge in [-0.05, 0) is 65.5 Å². The standard InChI is InChI=1S/C20H17BrN2O3/c1-11-5-6-13(19(24)22-14-7-8-14)9-16(11)23-20(25)17-10-12-3-2-4-15(21)18(12)26-17/h2-6,9-10,14H,7-8H2,1H3,(H,22,24)(H,23,25). The molecule has 6 heteroatoms. The van der Waals surface area contributed by atoms with Crippen LogP contribution in [0.4, 0.5) is 5.69 Å². The van der Waals surface area contributed by atoms with Gasteiger partial charge in [-0.2, -0.15) is 0 Å². The second kappa shape index (κ2) is 6.61. The molecule has 4 rings (SSSR count). The highest BCUT2D eigenvalue weighted by atomic mass is 79.9. The van der Waals surface area contributed by atoms with E-state index in [2.05, 4.69) is 26.6 Å². The summed E-state index contributed by atoms with van der Waals surface area (Å²) in [6, 6.07) is 12.9. The Balaban J connectivity index is 1.57. The molecule has 5 nitrogen and oxygen atoms in total. The second-order valence-electron chi connectivity index (χ2n) is 6.50. The van der Waals surface area contributed by atoms with Crippen molar-refractivity contribution < 1.29 is 14.0 Å². The van der Waals surface area contributed by atoms with Gasteiger partial charge in [0.05, 0.1) is 4.47 Å². The van der Waals surface area contributed by atoms with Crippen molar-refractivity contribution in [1.82, 2.24) is 5.32 Å². The average Bonchev–Trinajstić information content (AvgIpc) is 3.31. The van der Waals surface area contributed by atoms with Gasteiger partial charge < -0.3 is 15.1 Å². The second-order valence-corrected chi connectivity index (χ2v) is 7.35. The minimum atomic E-state index is -0.351. The lowest BCUT2D eigenvalue weighted by Crippen LogP contribution is -2.25. The zero-order valence-corrected chi connectivity index (χ0v) is 15.7. The number of halogens is 1. The van der Waals surface area contributed by atoms with Crippen LogP contribution in [0.25, 0.3) is 11.0 Å². The lowest BCUT2D eigenvalue weighted by atomic mass is 10.1. The molecule has 1 aromatic heterocycles. The maximum Gasteiger partial charge on any atom is 0.291 e. The van der Waals surface area contributed by atoms with Crippen LogP contribution in [0, 0.1) is 6.92 Å². The van der Waals surface area contributed by atoms with E-state index in [9.17, 15) is 9.59 Å². The van der Waals surface area contributed by atoms with Gasteiger partial charge in [-0.3, -0.25) is 9.59 Å². The fraction of sp³-hybridized carbons (Fsp3) is 0.200. The topological polar surface area (TPSA) is 71.3 Å². The van der Waals surface area contributed by atoms with E-state index in [0.717, 1.165) is 28.3 Å². The first-order chi connectivity index (χ1) is 12.5. The molecule has 1 heterocycles. The predicted molar refractivity (Wildman–Crippen MR) is 104 cm³/mol. The van der Waals surface area contributed by atoms with Crippen LogP contribution in [-0.4, -0.2) is 17.9 Å². The summed E-state index contributed by atoms with van der Waals surface area (Å²) in [5.74, 6) is -0.245. The molecule has 0 aliphatic heterocycles. The number of benzene rings is 2. The van der Waals surface area contributed by atoms with Crippen LogP contribution in [0.5, 0.6) is 0 Å². The van der Waals surface area contributed by atoms with Gasteiger partial charge in [0.1, 0.15) is 5.58 Å². The van der Waals surface area contributed by atoms with Crippen molar-refractivity contribution in [3.05, 3.63) is 63.8 Å². The molecule has 2 aromatic carbocycles. The lowest BCUT2D eigenvalue weighted by Gasteiger charge is -2.10. The summed E-state index contributed by atoms with van der Waals surface area (Å²) in [5.41, 5.74) is 2.63. The van der Waals surface area contributed by atoms with Crippen LogP contribution in [0.1, 0.15) is 39.3 Å². The number of anilines is 1. The van der Waals surface area contributed by atoms with Crippen molar-refractivity contribution in [1.29, 1.82) is 0 Å². The number of rotatable bonds is 4. The maximum atomic E-state index is 12.6. The summed E-state index contributed by atoms with van der Waals surface area (Å²) in [7, 11) is 0. The van der Waals surface area contributed by atoms with Crippen LogP contribution in [-0.2, 0) is 0 Å². The highest BCUT2D eigenvalue weighted by molar-refractivity contribution is 9.10. The Morgan fingerprint density at radius 1 is 1.12 bits per heavy atom. The Morgan fingerprint density at radius 3 is 2.65 bits per heavy atom. The number of hydrogen-bond donors (Lipinski definition) is 2. The minimum Gasteiger partial charge on any atom is -0.450 e. The summed E-state index contributed by atoms with van der Waals surface area (Å²) >= 11 is 3.42. The number of para-hydroxylation sites is 1. The van der Waals surface area contributed by atoms with Gasteiger partial charge in [-0.15, -0.1) is 0 Å². The van der Waals surface area contributed by atoms with Gasteiger partial charge in [-0.25, -0.2) is 0 Å². The van der Waals surface area contributed by atoms with E-state index in [-0.39, 0.29) is 23.6 Å². The molecule has 0 unspecified atom stereocenters. The third-order valence-corrected chi connectivity index (χ3v) is 5.00. The number of furan rings is 1.